The standard InChI is InChI=1S/C28H34F6N4O3/c29-27(30,31)19-37-9-7-35-11-15-39-17-13-36(14-18-40-16-12-35)8-10-38(20-28(32,33)34)24-6-2-4-22-21-3-1-5-23(37)25(21)41-26(22)24/h1-6H,7-20H2. The summed E-state index contributed by atoms with van der Waals surface area (Å²) >= 11 is 0. The molecule has 13 heteroatoms. The molecule has 226 valence electrons. The van der Waals surface area contributed by atoms with Crippen LogP contribution >= 0.6 is 0 Å². The molecule has 1 fully saturated rings. The van der Waals surface area contributed by atoms with Gasteiger partial charge in [0.1, 0.15) is 13.1 Å². The highest BCUT2D eigenvalue weighted by molar-refractivity contribution is 6.12. The molecule has 4 bridgehead atoms. The van der Waals surface area contributed by atoms with Gasteiger partial charge in [-0.1, -0.05) is 24.3 Å². The lowest BCUT2D eigenvalue weighted by molar-refractivity contribution is -0.120. The predicted molar refractivity (Wildman–Crippen MR) is 145 cm³/mol. The molecule has 0 spiro atoms. The van der Waals surface area contributed by atoms with E-state index in [1.807, 2.05) is 9.80 Å². The molecule has 7 nitrogen and oxygen atoms in total. The third kappa shape index (κ3) is 7.76. The normalized spacial score (nSPS) is 22.6. The quantitative estimate of drug-likeness (QED) is 0.391. The van der Waals surface area contributed by atoms with E-state index in [1.54, 1.807) is 36.4 Å². The molecule has 0 saturated carbocycles. The number of alkyl halides is 6. The Morgan fingerprint density at radius 1 is 0.537 bits per heavy atom. The summed E-state index contributed by atoms with van der Waals surface area (Å²) in [5.74, 6) is 0. The van der Waals surface area contributed by atoms with E-state index in [4.69, 9.17) is 13.9 Å². The van der Waals surface area contributed by atoms with Gasteiger partial charge in [0.15, 0.2) is 11.2 Å². The summed E-state index contributed by atoms with van der Waals surface area (Å²) in [6.07, 6.45) is -8.97. The van der Waals surface area contributed by atoms with Crippen molar-refractivity contribution in [1.82, 2.24) is 9.80 Å². The summed E-state index contributed by atoms with van der Waals surface area (Å²) in [5, 5.41) is 1.10. The highest BCUT2D eigenvalue weighted by Gasteiger charge is 2.34. The van der Waals surface area contributed by atoms with E-state index < -0.39 is 25.4 Å². The maximum Gasteiger partial charge on any atom is 0.405 e. The Hall–Kier alpha value is -2.74. The second kappa shape index (κ2) is 12.6. The van der Waals surface area contributed by atoms with Crippen LogP contribution in [-0.2, 0) is 9.47 Å². The molecule has 0 aliphatic carbocycles. The van der Waals surface area contributed by atoms with Crippen LogP contribution in [0.15, 0.2) is 40.8 Å². The number of halogens is 6. The van der Waals surface area contributed by atoms with Gasteiger partial charge < -0.3 is 23.7 Å². The first-order valence-corrected chi connectivity index (χ1v) is 13.8. The average Bonchev–Trinajstić information content (AvgIpc) is 3.28. The average molecular weight is 589 g/mol. The van der Waals surface area contributed by atoms with Crippen molar-refractivity contribution in [3.63, 3.8) is 0 Å². The molecular weight excluding hydrogens is 554 g/mol. The molecule has 0 unspecified atom stereocenters. The summed E-state index contributed by atoms with van der Waals surface area (Å²) in [6, 6.07) is 9.88. The minimum absolute atomic E-state index is 0.0521. The van der Waals surface area contributed by atoms with Crippen molar-refractivity contribution in [2.45, 2.75) is 12.4 Å². The molecule has 2 aromatic carbocycles. The SMILES string of the molecule is FC(F)(F)CN1CCN2CCOCCN(CCOCC2)CCN(CC(F)(F)F)c2cccc3c2oc2c1cccc23. The van der Waals surface area contributed by atoms with Crippen LogP contribution in [0.3, 0.4) is 0 Å². The first kappa shape index (κ1) is 29.7. The number of furan rings is 1. The Morgan fingerprint density at radius 3 is 1.29 bits per heavy atom. The molecule has 41 heavy (non-hydrogen) atoms. The maximum atomic E-state index is 13.8. The van der Waals surface area contributed by atoms with Crippen molar-refractivity contribution in [2.75, 3.05) is 102 Å². The van der Waals surface area contributed by atoms with Crippen LogP contribution in [0.5, 0.6) is 0 Å². The number of rotatable bonds is 2. The number of benzene rings is 2. The van der Waals surface area contributed by atoms with Crippen LogP contribution in [0, 0.1) is 0 Å². The minimum Gasteiger partial charge on any atom is -0.452 e. The van der Waals surface area contributed by atoms with Gasteiger partial charge in [0.25, 0.3) is 0 Å². The second-order valence-electron chi connectivity index (χ2n) is 10.4. The fourth-order valence-electron chi connectivity index (χ4n) is 5.46. The number of ether oxygens (including phenoxy) is 2. The third-order valence-electron chi connectivity index (χ3n) is 7.48. The van der Waals surface area contributed by atoms with Gasteiger partial charge in [-0.05, 0) is 12.1 Å². The molecule has 0 N–H and O–H groups in total. The second-order valence-corrected chi connectivity index (χ2v) is 10.4. The lowest BCUT2D eigenvalue weighted by Gasteiger charge is -2.31. The number of fused-ring (bicyclic) bond motifs is 13. The molecule has 3 aliphatic rings. The molecule has 1 aromatic heterocycles. The lowest BCUT2D eigenvalue weighted by atomic mass is 10.1. The zero-order chi connectivity index (χ0) is 29.0. The maximum absolute atomic E-state index is 13.8. The monoisotopic (exact) mass is 588 g/mol. The van der Waals surface area contributed by atoms with E-state index >= 15 is 0 Å². The van der Waals surface area contributed by atoms with Crippen LogP contribution in [-0.4, -0.2) is 114 Å². The number of hydrogen-bond donors (Lipinski definition) is 0. The molecule has 3 aromatic rings. The van der Waals surface area contributed by atoms with E-state index in [1.165, 1.54) is 9.80 Å². The Bertz CT molecular complexity index is 1190. The smallest absolute Gasteiger partial charge is 0.405 e. The van der Waals surface area contributed by atoms with E-state index in [2.05, 4.69) is 0 Å². The van der Waals surface area contributed by atoms with E-state index in [0.717, 1.165) is 0 Å². The van der Waals surface area contributed by atoms with Gasteiger partial charge in [-0.2, -0.15) is 26.3 Å². The summed E-state index contributed by atoms with van der Waals surface area (Å²) in [7, 11) is 0. The van der Waals surface area contributed by atoms with Crippen LogP contribution in [0.1, 0.15) is 0 Å². The molecule has 0 radical (unpaired) electrons. The van der Waals surface area contributed by atoms with Gasteiger partial charge >= 0.3 is 12.4 Å². The zero-order valence-corrected chi connectivity index (χ0v) is 22.6. The van der Waals surface area contributed by atoms with Crippen molar-refractivity contribution in [3.8, 4) is 0 Å². The van der Waals surface area contributed by atoms with Crippen molar-refractivity contribution in [3.05, 3.63) is 36.4 Å². The number of nitrogens with zero attached hydrogens (tertiary/aromatic N) is 4. The highest BCUT2D eigenvalue weighted by Crippen LogP contribution is 2.40. The van der Waals surface area contributed by atoms with Crippen LogP contribution in [0.4, 0.5) is 37.7 Å². The van der Waals surface area contributed by atoms with Gasteiger partial charge in [0.05, 0.1) is 37.8 Å². The van der Waals surface area contributed by atoms with Crippen molar-refractivity contribution in [1.29, 1.82) is 0 Å². The van der Waals surface area contributed by atoms with Gasteiger partial charge in [-0.3, -0.25) is 9.80 Å². The molecule has 0 amide bonds. The molecule has 3 aliphatic heterocycles. The van der Waals surface area contributed by atoms with Crippen LogP contribution in [0.2, 0.25) is 0 Å². The Labute approximate surface area is 234 Å². The molecule has 0 atom stereocenters. The van der Waals surface area contributed by atoms with Crippen molar-refractivity contribution >= 4 is 33.3 Å². The Balaban J connectivity index is 1.64. The largest absolute Gasteiger partial charge is 0.452 e. The Kier molecular flexibility index (Phi) is 9.17. The van der Waals surface area contributed by atoms with Gasteiger partial charge in [0.2, 0.25) is 0 Å². The first-order chi connectivity index (χ1) is 19.6. The van der Waals surface area contributed by atoms with Crippen molar-refractivity contribution in [2.24, 2.45) is 0 Å². The summed E-state index contributed by atoms with van der Waals surface area (Å²) in [6.45, 7) is 1.94. The van der Waals surface area contributed by atoms with Gasteiger partial charge in [-0.15, -0.1) is 0 Å². The van der Waals surface area contributed by atoms with Crippen LogP contribution in [0.25, 0.3) is 21.9 Å². The molecular formula is C28H34F6N4O3. The first-order valence-electron chi connectivity index (χ1n) is 13.8. The van der Waals surface area contributed by atoms with E-state index in [9.17, 15) is 26.3 Å². The highest BCUT2D eigenvalue weighted by atomic mass is 19.4. The van der Waals surface area contributed by atoms with Crippen molar-refractivity contribution < 1.29 is 40.2 Å². The van der Waals surface area contributed by atoms with Gasteiger partial charge in [0, 0.05) is 63.1 Å². The fraction of sp³-hybridized carbons (Fsp3) is 0.571. The number of anilines is 2. The summed E-state index contributed by atoms with van der Waals surface area (Å²) < 4.78 is 101. The molecule has 1 saturated heterocycles. The number of hydrogen-bond acceptors (Lipinski definition) is 7. The summed E-state index contributed by atoms with van der Waals surface area (Å²) in [5.41, 5.74) is 0.914. The van der Waals surface area contributed by atoms with E-state index in [-0.39, 0.29) is 35.6 Å². The zero-order valence-electron chi connectivity index (χ0n) is 22.6. The summed E-state index contributed by atoms with van der Waals surface area (Å²) in [4.78, 5) is 6.52. The molecule has 4 heterocycles. The number of para-hydroxylation sites is 2. The minimum atomic E-state index is -4.49. The topological polar surface area (TPSA) is 44.6 Å². The fourth-order valence-corrected chi connectivity index (χ4v) is 5.46. The molecule has 6 rings (SSSR count). The lowest BCUT2D eigenvalue weighted by Crippen LogP contribution is -2.43. The predicted octanol–water partition coefficient (Wildman–Crippen LogP) is 4.99. The van der Waals surface area contributed by atoms with E-state index in [0.29, 0.717) is 76.5 Å². The van der Waals surface area contributed by atoms with Gasteiger partial charge in [-0.25, -0.2) is 0 Å². The van der Waals surface area contributed by atoms with Crippen LogP contribution < -0.4 is 9.80 Å². The Morgan fingerprint density at radius 2 is 0.927 bits per heavy atom. The third-order valence-corrected chi connectivity index (χ3v) is 7.48.